The Labute approximate surface area is 104 Å². The van der Waals surface area contributed by atoms with E-state index in [9.17, 15) is 9.90 Å². The van der Waals surface area contributed by atoms with Crippen molar-refractivity contribution in [3.8, 4) is 0 Å². The van der Waals surface area contributed by atoms with E-state index >= 15 is 0 Å². The number of carbonyl (C=O) groups is 1. The molecule has 2 N–H and O–H groups in total. The maximum absolute atomic E-state index is 12.3. The predicted octanol–water partition coefficient (Wildman–Crippen LogP) is 2.23. The molecule has 0 aromatic heterocycles. The molecule has 2 atom stereocenters. The second-order valence-corrected chi connectivity index (χ2v) is 5.81. The topological polar surface area (TPSA) is 49.3 Å². The van der Waals surface area contributed by atoms with E-state index in [1.54, 1.807) is 0 Å². The van der Waals surface area contributed by atoms with Crippen LogP contribution in [0.25, 0.3) is 0 Å². The van der Waals surface area contributed by atoms with Gasteiger partial charge in [0.15, 0.2) is 0 Å². The molecule has 0 aromatic carbocycles. The minimum absolute atomic E-state index is 0.0937. The van der Waals surface area contributed by atoms with E-state index in [-0.39, 0.29) is 23.3 Å². The van der Waals surface area contributed by atoms with E-state index in [4.69, 9.17) is 0 Å². The summed E-state index contributed by atoms with van der Waals surface area (Å²) in [4.78, 5) is 12.3. The minimum Gasteiger partial charge on any atom is -0.393 e. The Morgan fingerprint density at radius 3 is 2.53 bits per heavy atom. The first-order valence-corrected chi connectivity index (χ1v) is 7.14. The molecule has 0 spiro atoms. The summed E-state index contributed by atoms with van der Waals surface area (Å²) in [6.45, 7) is 2.79. The van der Waals surface area contributed by atoms with Gasteiger partial charge in [0, 0.05) is 17.9 Å². The molecule has 0 saturated heterocycles. The molecule has 0 bridgehead atoms. The highest BCUT2D eigenvalue weighted by molar-refractivity contribution is 5.82. The summed E-state index contributed by atoms with van der Waals surface area (Å²) in [5.74, 6) is 0.519. The van der Waals surface area contributed by atoms with Crippen molar-refractivity contribution in [2.45, 2.75) is 64.4 Å². The van der Waals surface area contributed by atoms with Crippen LogP contribution < -0.4 is 5.32 Å². The Bertz CT molecular complexity index is 271. The number of aliphatic hydroxyl groups is 1. The van der Waals surface area contributed by atoms with Gasteiger partial charge in [-0.3, -0.25) is 4.79 Å². The molecular formula is C14H25NO2. The number of rotatable bonds is 4. The van der Waals surface area contributed by atoms with Gasteiger partial charge in [0.2, 0.25) is 5.91 Å². The van der Waals surface area contributed by atoms with E-state index in [2.05, 4.69) is 12.2 Å². The SMILES string of the molecule is CCC1(C(=O)NCC2CCCC2O)CCCC1. The Morgan fingerprint density at radius 1 is 1.29 bits per heavy atom. The smallest absolute Gasteiger partial charge is 0.226 e. The fourth-order valence-corrected chi connectivity index (χ4v) is 3.46. The molecule has 2 aliphatic rings. The standard InChI is InChI=1S/C14H25NO2/c1-2-14(8-3-4-9-14)13(17)15-10-11-6-5-7-12(11)16/h11-12,16H,2-10H2,1H3,(H,15,17). The maximum Gasteiger partial charge on any atom is 0.226 e. The quantitative estimate of drug-likeness (QED) is 0.790. The van der Waals surface area contributed by atoms with Gasteiger partial charge in [0.1, 0.15) is 0 Å². The summed E-state index contributed by atoms with van der Waals surface area (Å²) in [7, 11) is 0. The highest BCUT2D eigenvalue weighted by Crippen LogP contribution is 2.41. The second-order valence-electron chi connectivity index (χ2n) is 5.81. The van der Waals surface area contributed by atoms with Gasteiger partial charge in [-0.2, -0.15) is 0 Å². The van der Waals surface area contributed by atoms with E-state index in [1.807, 2.05) is 0 Å². The number of carbonyl (C=O) groups excluding carboxylic acids is 1. The first-order chi connectivity index (χ1) is 8.18. The van der Waals surface area contributed by atoms with Crippen molar-refractivity contribution in [3.63, 3.8) is 0 Å². The van der Waals surface area contributed by atoms with E-state index in [0.29, 0.717) is 6.54 Å². The molecule has 2 aliphatic carbocycles. The predicted molar refractivity (Wildman–Crippen MR) is 67.5 cm³/mol. The van der Waals surface area contributed by atoms with Crippen molar-refractivity contribution in [2.75, 3.05) is 6.54 Å². The summed E-state index contributed by atoms with van der Waals surface area (Å²) in [5.41, 5.74) is -0.0937. The maximum atomic E-state index is 12.3. The molecule has 1 amide bonds. The Morgan fingerprint density at radius 2 is 2.00 bits per heavy atom. The summed E-state index contributed by atoms with van der Waals surface area (Å²) in [5, 5.41) is 12.8. The van der Waals surface area contributed by atoms with Gasteiger partial charge in [0.25, 0.3) is 0 Å². The van der Waals surface area contributed by atoms with Gasteiger partial charge < -0.3 is 10.4 Å². The molecule has 0 aliphatic heterocycles. The van der Waals surface area contributed by atoms with Crippen molar-refractivity contribution in [1.29, 1.82) is 0 Å². The van der Waals surface area contributed by atoms with Gasteiger partial charge in [-0.1, -0.05) is 26.2 Å². The zero-order valence-corrected chi connectivity index (χ0v) is 10.9. The first kappa shape index (κ1) is 12.9. The Hall–Kier alpha value is -0.570. The first-order valence-electron chi connectivity index (χ1n) is 7.14. The van der Waals surface area contributed by atoms with Crippen molar-refractivity contribution >= 4 is 5.91 Å². The van der Waals surface area contributed by atoms with Crippen LogP contribution in [0.1, 0.15) is 58.3 Å². The summed E-state index contributed by atoms with van der Waals surface area (Å²) >= 11 is 0. The van der Waals surface area contributed by atoms with Crippen molar-refractivity contribution in [3.05, 3.63) is 0 Å². The highest BCUT2D eigenvalue weighted by Gasteiger charge is 2.39. The molecule has 2 fully saturated rings. The average molecular weight is 239 g/mol. The Balaban J connectivity index is 1.84. The summed E-state index contributed by atoms with van der Waals surface area (Å²) < 4.78 is 0. The molecule has 2 unspecified atom stereocenters. The lowest BCUT2D eigenvalue weighted by Crippen LogP contribution is -2.42. The van der Waals surface area contributed by atoms with E-state index in [1.165, 1.54) is 12.8 Å². The number of hydrogen-bond acceptors (Lipinski definition) is 2. The molecule has 2 rings (SSSR count). The van der Waals surface area contributed by atoms with E-state index in [0.717, 1.165) is 38.5 Å². The molecular weight excluding hydrogens is 214 g/mol. The number of amides is 1. The van der Waals surface area contributed by atoms with Gasteiger partial charge >= 0.3 is 0 Å². The number of aliphatic hydroxyl groups excluding tert-OH is 1. The number of nitrogens with one attached hydrogen (secondary N) is 1. The average Bonchev–Trinajstić information content (AvgIpc) is 2.95. The van der Waals surface area contributed by atoms with Crippen LogP contribution in [-0.4, -0.2) is 23.7 Å². The minimum atomic E-state index is -0.198. The lowest BCUT2D eigenvalue weighted by atomic mass is 9.82. The molecule has 0 aromatic rings. The van der Waals surface area contributed by atoms with Gasteiger partial charge in [0.05, 0.1) is 6.10 Å². The van der Waals surface area contributed by atoms with E-state index < -0.39 is 0 Å². The lowest BCUT2D eigenvalue weighted by molar-refractivity contribution is -0.131. The molecule has 2 saturated carbocycles. The van der Waals surface area contributed by atoms with Crippen LogP contribution in [0.4, 0.5) is 0 Å². The van der Waals surface area contributed by atoms with Crippen molar-refractivity contribution in [2.24, 2.45) is 11.3 Å². The van der Waals surface area contributed by atoms with Gasteiger partial charge in [-0.25, -0.2) is 0 Å². The largest absolute Gasteiger partial charge is 0.393 e. The van der Waals surface area contributed by atoms with Crippen LogP contribution in [0.2, 0.25) is 0 Å². The van der Waals surface area contributed by atoms with Crippen LogP contribution >= 0.6 is 0 Å². The molecule has 98 valence electrons. The zero-order chi connectivity index (χ0) is 12.3. The van der Waals surface area contributed by atoms with Gasteiger partial charge in [-0.05, 0) is 32.1 Å². The molecule has 17 heavy (non-hydrogen) atoms. The van der Waals surface area contributed by atoms with Crippen LogP contribution in [0, 0.1) is 11.3 Å². The highest BCUT2D eigenvalue weighted by atomic mass is 16.3. The third-order valence-corrected chi connectivity index (χ3v) is 4.86. The van der Waals surface area contributed by atoms with Crippen LogP contribution in [-0.2, 0) is 4.79 Å². The third kappa shape index (κ3) is 2.65. The lowest BCUT2D eigenvalue weighted by Gasteiger charge is -2.27. The fraction of sp³-hybridized carbons (Fsp3) is 0.929. The van der Waals surface area contributed by atoms with Gasteiger partial charge in [-0.15, -0.1) is 0 Å². The molecule has 0 heterocycles. The van der Waals surface area contributed by atoms with Crippen LogP contribution in [0.3, 0.4) is 0 Å². The zero-order valence-electron chi connectivity index (χ0n) is 10.9. The van der Waals surface area contributed by atoms with Crippen LogP contribution in [0.5, 0.6) is 0 Å². The fourth-order valence-electron chi connectivity index (χ4n) is 3.46. The van der Waals surface area contributed by atoms with Crippen molar-refractivity contribution in [1.82, 2.24) is 5.32 Å². The number of hydrogen-bond donors (Lipinski definition) is 2. The molecule has 3 heteroatoms. The second kappa shape index (κ2) is 5.38. The third-order valence-electron chi connectivity index (χ3n) is 4.86. The Kier molecular flexibility index (Phi) is 4.08. The summed E-state index contributed by atoms with van der Waals surface area (Å²) in [6.07, 6.45) is 8.27. The van der Waals surface area contributed by atoms with Crippen LogP contribution in [0.15, 0.2) is 0 Å². The molecule has 0 radical (unpaired) electrons. The normalized spacial score (nSPS) is 31.6. The molecule has 3 nitrogen and oxygen atoms in total. The van der Waals surface area contributed by atoms with Crippen molar-refractivity contribution < 1.29 is 9.90 Å². The monoisotopic (exact) mass is 239 g/mol. The summed E-state index contributed by atoms with van der Waals surface area (Å²) in [6, 6.07) is 0.